The highest BCUT2D eigenvalue weighted by atomic mass is 35.5. The van der Waals surface area contributed by atoms with Crippen molar-refractivity contribution in [3.05, 3.63) is 64.7 Å². The number of hydrogen-bond acceptors (Lipinski definition) is 2. The molecular weight excluding hydrogens is 246 g/mol. The van der Waals surface area contributed by atoms with Crippen LogP contribution in [0.15, 0.2) is 48.5 Å². The van der Waals surface area contributed by atoms with E-state index >= 15 is 0 Å². The van der Waals surface area contributed by atoms with Gasteiger partial charge in [-0.05, 0) is 30.7 Å². The first-order valence-electron chi connectivity index (χ1n) is 5.92. The summed E-state index contributed by atoms with van der Waals surface area (Å²) >= 11 is 5.94. The van der Waals surface area contributed by atoms with Crippen LogP contribution in [-0.2, 0) is 6.54 Å². The summed E-state index contributed by atoms with van der Waals surface area (Å²) in [4.78, 5) is 0. The van der Waals surface area contributed by atoms with E-state index in [-0.39, 0.29) is 11.8 Å². The van der Waals surface area contributed by atoms with E-state index in [4.69, 9.17) is 11.6 Å². The van der Waals surface area contributed by atoms with E-state index in [0.717, 1.165) is 12.1 Å². The molecule has 0 bridgehead atoms. The van der Waals surface area contributed by atoms with Gasteiger partial charge in [-0.2, -0.15) is 0 Å². The van der Waals surface area contributed by atoms with Crippen molar-refractivity contribution in [3.8, 4) is 5.75 Å². The van der Waals surface area contributed by atoms with Gasteiger partial charge in [0, 0.05) is 23.2 Å². The number of phenols is 1. The van der Waals surface area contributed by atoms with Gasteiger partial charge in [-0.3, -0.25) is 0 Å². The van der Waals surface area contributed by atoms with Crippen LogP contribution in [0.2, 0.25) is 5.02 Å². The highest BCUT2D eigenvalue weighted by molar-refractivity contribution is 6.30. The molecule has 2 rings (SSSR count). The lowest BCUT2D eigenvalue weighted by Crippen LogP contribution is -2.18. The Morgan fingerprint density at radius 2 is 1.89 bits per heavy atom. The summed E-state index contributed by atoms with van der Waals surface area (Å²) in [5.74, 6) is 0.271. The molecular formula is C15H16ClNO. The topological polar surface area (TPSA) is 32.3 Å². The Morgan fingerprint density at radius 1 is 1.17 bits per heavy atom. The highest BCUT2D eigenvalue weighted by Crippen LogP contribution is 2.27. The number of rotatable bonds is 4. The fourth-order valence-electron chi connectivity index (χ4n) is 1.85. The van der Waals surface area contributed by atoms with E-state index in [1.807, 2.05) is 25.1 Å². The molecule has 0 saturated heterocycles. The van der Waals surface area contributed by atoms with Crippen molar-refractivity contribution in [1.82, 2.24) is 5.32 Å². The molecule has 2 nitrogen and oxygen atoms in total. The molecule has 3 heteroatoms. The van der Waals surface area contributed by atoms with E-state index in [0.29, 0.717) is 5.02 Å². The molecule has 94 valence electrons. The van der Waals surface area contributed by atoms with Gasteiger partial charge in [-0.15, -0.1) is 0 Å². The van der Waals surface area contributed by atoms with Crippen LogP contribution >= 0.6 is 11.6 Å². The van der Waals surface area contributed by atoms with Gasteiger partial charge in [-0.1, -0.05) is 41.9 Å². The first-order chi connectivity index (χ1) is 8.66. The molecule has 0 unspecified atom stereocenters. The van der Waals surface area contributed by atoms with Crippen LogP contribution in [0.4, 0.5) is 0 Å². The Balaban J connectivity index is 2.03. The normalized spacial score (nSPS) is 12.3. The standard InChI is InChI=1S/C15H16ClNO/c1-11(14-9-13(16)7-8-15(14)18)17-10-12-5-3-2-4-6-12/h2-9,11,17-18H,10H2,1H3/t11-/m0/s1. The van der Waals surface area contributed by atoms with Gasteiger partial charge in [0.05, 0.1) is 0 Å². The van der Waals surface area contributed by atoms with Gasteiger partial charge < -0.3 is 10.4 Å². The maximum atomic E-state index is 9.80. The van der Waals surface area contributed by atoms with E-state index in [1.54, 1.807) is 18.2 Å². The molecule has 0 amide bonds. The zero-order valence-corrected chi connectivity index (χ0v) is 11.0. The van der Waals surface area contributed by atoms with Crippen molar-refractivity contribution in [2.45, 2.75) is 19.5 Å². The minimum atomic E-state index is 0.0453. The number of benzene rings is 2. The average Bonchev–Trinajstić information content (AvgIpc) is 2.40. The van der Waals surface area contributed by atoms with E-state index < -0.39 is 0 Å². The van der Waals surface area contributed by atoms with Gasteiger partial charge in [0.15, 0.2) is 0 Å². The molecule has 0 spiro atoms. The number of hydrogen-bond donors (Lipinski definition) is 2. The first-order valence-corrected chi connectivity index (χ1v) is 6.30. The Labute approximate surface area is 112 Å². The summed E-state index contributed by atoms with van der Waals surface area (Å²) < 4.78 is 0. The van der Waals surface area contributed by atoms with Crippen molar-refractivity contribution < 1.29 is 5.11 Å². The minimum absolute atomic E-state index is 0.0453. The SMILES string of the molecule is C[C@H](NCc1ccccc1)c1cc(Cl)ccc1O. The van der Waals surface area contributed by atoms with E-state index in [9.17, 15) is 5.11 Å². The Morgan fingerprint density at radius 3 is 2.61 bits per heavy atom. The van der Waals surface area contributed by atoms with Crippen LogP contribution in [0, 0.1) is 0 Å². The zero-order chi connectivity index (χ0) is 13.0. The third kappa shape index (κ3) is 3.25. The molecule has 0 aliphatic heterocycles. The molecule has 18 heavy (non-hydrogen) atoms. The van der Waals surface area contributed by atoms with Crippen LogP contribution in [0.5, 0.6) is 5.75 Å². The quantitative estimate of drug-likeness (QED) is 0.875. The van der Waals surface area contributed by atoms with Crippen molar-refractivity contribution >= 4 is 11.6 Å². The molecule has 0 saturated carbocycles. The molecule has 2 N–H and O–H groups in total. The third-order valence-corrected chi connectivity index (χ3v) is 3.15. The van der Waals surface area contributed by atoms with Gasteiger partial charge in [0.1, 0.15) is 5.75 Å². The summed E-state index contributed by atoms with van der Waals surface area (Å²) in [6.07, 6.45) is 0. The number of aromatic hydroxyl groups is 1. The Hall–Kier alpha value is -1.51. The molecule has 0 aliphatic rings. The van der Waals surface area contributed by atoms with E-state index in [1.165, 1.54) is 5.56 Å². The second kappa shape index (κ2) is 5.89. The fourth-order valence-corrected chi connectivity index (χ4v) is 2.03. The maximum absolute atomic E-state index is 9.80. The molecule has 2 aromatic carbocycles. The number of nitrogens with one attached hydrogen (secondary N) is 1. The zero-order valence-electron chi connectivity index (χ0n) is 10.2. The van der Waals surface area contributed by atoms with Crippen LogP contribution in [0.1, 0.15) is 24.1 Å². The van der Waals surface area contributed by atoms with Gasteiger partial charge >= 0.3 is 0 Å². The van der Waals surface area contributed by atoms with Gasteiger partial charge in [0.2, 0.25) is 0 Å². The Bertz CT molecular complexity index is 513. The second-order valence-corrected chi connectivity index (χ2v) is 4.73. The van der Waals surface area contributed by atoms with Crippen molar-refractivity contribution in [2.24, 2.45) is 0 Å². The van der Waals surface area contributed by atoms with Crippen LogP contribution in [-0.4, -0.2) is 5.11 Å². The average molecular weight is 262 g/mol. The molecule has 0 fully saturated rings. The minimum Gasteiger partial charge on any atom is -0.508 e. The summed E-state index contributed by atoms with van der Waals surface area (Å²) in [5.41, 5.74) is 2.03. The smallest absolute Gasteiger partial charge is 0.120 e. The lowest BCUT2D eigenvalue weighted by atomic mass is 10.1. The van der Waals surface area contributed by atoms with E-state index in [2.05, 4.69) is 17.4 Å². The molecule has 0 radical (unpaired) electrons. The van der Waals surface area contributed by atoms with Crippen LogP contribution in [0.25, 0.3) is 0 Å². The molecule has 2 aromatic rings. The number of halogens is 1. The lowest BCUT2D eigenvalue weighted by molar-refractivity contribution is 0.452. The predicted octanol–water partition coefficient (Wildman–Crippen LogP) is 3.90. The van der Waals surface area contributed by atoms with Gasteiger partial charge in [-0.25, -0.2) is 0 Å². The molecule has 0 aliphatic carbocycles. The molecule has 1 atom stereocenters. The lowest BCUT2D eigenvalue weighted by Gasteiger charge is -2.16. The first kappa shape index (κ1) is 12.9. The number of phenolic OH excluding ortho intramolecular Hbond substituents is 1. The summed E-state index contributed by atoms with van der Waals surface area (Å²) in [5, 5.41) is 13.8. The Kier molecular flexibility index (Phi) is 4.24. The summed E-state index contributed by atoms with van der Waals surface area (Å²) in [7, 11) is 0. The van der Waals surface area contributed by atoms with Crippen molar-refractivity contribution in [2.75, 3.05) is 0 Å². The highest BCUT2D eigenvalue weighted by Gasteiger charge is 2.10. The fraction of sp³-hybridized carbons (Fsp3) is 0.200. The van der Waals surface area contributed by atoms with Crippen LogP contribution in [0.3, 0.4) is 0 Å². The van der Waals surface area contributed by atoms with Gasteiger partial charge in [0.25, 0.3) is 0 Å². The maximum Gasteiger partial charge on any atom is 0.120 e. The summed E-state index contributed by atoms with van der Waals surface area (Å²) in [6.45, 7) is 2.77. The largest absolute Gasteiger partial charge is 0.508 e. The predicted molar refractivity (Wildman–Crippen MR) is 74.8 cm³/mol. The third-order valence-electron chi connectivity index (χ3n) is 2.91. The van der Waals surface area contributed by atoms with Crippen molar-refractivity contribution in [1.29, 1.82) is 0 Å². The van der Waals surface area contributed by atoms with Crippen LogP contribution < -0.4 is 5.32 Å². The summed E-state index contributed by atoms with van der Waals surface area (Å²) in [6, 6.07) is 15.3. The molecule has 0 aromatic heterocycles. The molecule has 0 heterocycles. The monoisotopic (exact) mass is 261 g/mol. The van der Waals surface area contributed by atoms with Crippen molar-refractivity contribution in [3.63, 3.8) is 0 Å². The second-order valence-electron chi connectivity index (χ2n) is 4.29.